The smallest absolute Gasteiger partial charge is 0.350 e. The Labute approximate surface area is 179 Å². The van der Waals surface area contributed by atoms with Crippen LogP contribution in [-0.2, 0) is 17.9 Å². The summed E-state index contributed by atoms with van der Waals surface area (Å²) >= 11 is 12.1. The number of benzene rings is 1. The predicted molar refractivity (Wildman–Crippen MR) is 106 cm³/mol. The monoisotopic (exact) mass is 456 g/mol. The average Bonchev–Trinajstić information content (AvgIpc) is 3.26. The first kappa shape index (κ1) is 21.5. The Morgan fingerprint density at radius 1 is 1.27 bits per heavy atom. The number of nitrogens with zero attached hydrogens (tertiary/aromatic N) is 5. The molecule has 3 aromatic rings. The van der Waals surface area contributed by atoms with Gasteiger partial charge in [0.15, 0.2) is 5.82 Å². The largest absolute Gasteiger partial charge is 0.475 e. The molecular weight excluding hydrogens is 442 g/mol. The third kappa shape index (κ3) is 4.86. The van der Waals surface area contributed by atoms with Gasteiger partial charge < -0.3 is 10.1 Å². The van der Waals surface area contributed by atoms with Gasteiger partial charge in [-0.1, -0.05) is 29.3 Å². The molecule has 3 rings (SSSR count). The van der Waals surface area contributed by atoms with E-state index in [-0.39, 0.29) is 52.5 Å². The molecule has 1 aromatic carbocycles. The molecule has 1 N–H and O–H groups in total. The van der Waals surface area contributed by atoms with Crippen molar-refractivity contribution in [1.82, 2.24) is 19.6 Å². The highest BCUT2D eigenvalue weighted by molar-refractivity contribution is 6.33. The molecule has 2 heterocycles. The van der Waals surface area contributed by atoms with Gasteiger partial charge in [0.25, 0.3) is 0 Å². The number of carbonyl (C=O) groups excluding carboxylic acids is 1. The highest BCUT2D eigenvalue weighted by Crippen LogP contribution is 2.25. The average molecular weight is 457 g/mol. The predicted octanol–water partition coefficient (Wildman–Crippen LogP) is 3.52. The molecule has 0 aliphatic carbocycles. The van der Waals surface area contributed by atoms with Crippen LogP contribution in [0.5, 0.6) is 5.88 Å². The van der Waals surface area contributed by atoms with Gasteiger partial charge in [0.05, 0.1) is 25.1 Å². The summed E-state index contributed by atoms with van der Waals surface area (Å²) in [5.41, 5.74) is -0.0584. The van der Waals surface area contributed by atoms with Gasteiger partial charge in [-0.3, -0.25) is 24.3 Å². The van der Waals surface area contributed by atoms with E-state index in [1.54, 1.807) is 6.07 Å². The molecule has 0 atom stereocenters. The van der Waals surface area contributed by atoms with E-state index in [9.17, 15) is 19.3 Å². The van der Waals surface area contributed by atoms with E-state index < -0.39 is 16.6 Å². The van der Waals surface area contributed by atoms with Gasteiger partial charge in [-0.2, -0.15) is 5.10 Å². The van der Waals surface area contributed by atoms with Crippen molar-refractivity contribution in [3.63, 3.8) is 0 Å². The Balaban J connectivity index is 1.63. The van der Waals surface area contributed by atoms with Crippen molar-refractivity contribution in [2.75, 3.05) is 12.4 Å². The number of aryl methyl sites for hydroxylation is 1. The number of hydrogen-bond acceptors (Lipinski definition) is 6. The van der Waals surface area contributed by atoms with Crippen molar-refractivity contribution in [2.45, 2.75) is 19.5 Å². The minimum atomic E-state index is -0.628. The van der Waals surface area contributed by atoms with Crippen LogP contribution >= 0.6 is 23.2 Å². The topological polar surface area (TPSA) is 117 Å². The molecule has 2 aromatic heterocycles. The lowest BCUT2D eigenvalue weighted by atomic mass is 10.2. The number of nitro groups is 1. The summed E-state index contributed by atoms with van der Waals surface area (Å²) in [6, 6.07) is 4.33. The number of hydrogen-bond donors (Lipinski definition) is 1. The molecule has 0 bridgehead atoms. The highest BCUT2D eigenvalue weighted by Gasteiger charge is 2.20. The second-order valence-corrected chi connectivity index (χ2v) is 6.88. The summed E-state index contributed by atoms with van der Waals surface area (Å²) in [7, 11) is 1.26. The van der Waals surface area contributed by atoms with E-state index in [1.165, 1.54) is 41.0 Å². The standard InChI is InChI=1S/C17H15Cl2FN6O4/c1-30-17-14(26(28)29)9-24(23-17)6-5-15(27)21-16-12(19)8-25(22-16)7-10-11(18)3-2-4-13(10)20/h2-4,8-9H,5-7H2,1H3,(H,21,22,27). The lowest BCUT2D eigenvalue weighted by Crippen LogP contribution is -2.15. The van der Waals surface area contributed by atoms with Gasteiger partial charge in [-0.15, -0.1) is 5.10 Å². The van der Waals surface area contributed by atoms with Gasteiger partial charge in [-0.25, -0.2) is 4.39 Å². The van der Waals surface area contributed by atoms with Gasteiger partial charge in [0, 0.05) is 23.2 Å². The Bertz CT molecular complexity index is 1080. The molecule has 30 heavy (non-hydrogen) atoms. The fourth-order valence-corrected chi connectivity index (χ4v) is 3.02. The van der Waals surface area contributed by atoms with Crippen molar-refractivity contribution in [3.8, 4) is 5.88 Å². The zero-order chi connectivity index (χ0) is 21.8. The second kappa shape index (κ2) is 9.09. The maximum absolute atomic E-state index is 13.9. The van der Waals surface area contributed by atoms with Crippen LogP contribution < -0.4 is 10.1 Å². The molecule has 10 nitrogen and oxygen atoms in total. The summed E-state index contributed by atoms with van der Waals surface area (Å²) in [6.45, 7) is 0.0943. The molecule has 13 heteroatoms. The first-order chi connectivity index (χ1) is 14.3. The number of anilines is 1. The van der Waals surface area contributed by atoms with E-state index >= 15 is 0 Å². The van der Waals surface area contributed by atoms with Gasteiger partial charge in [0.1, 0.15) is 17.0 Å². The molecule has 0 radical (unpaired) electrons. The van der Waals surface area contributed by atoms with Gasteiger partial charge in [-0.05, 0) is 12.1 Å². The van der Waals surface area contributed by atoms with Crippen LogP contribution in [0.15, 0.2) is 30.6 Å². The molecule has 158 valence electrons. The van der Waals surface area contributed by atoms with Crippen LogP contribution in [0, 0.1) is 15.9 Å². The molecule has 0 unspecified atom stereocenters. The Morgan fingerprint density at radius 2 is 2.03 bits per heavy atom. The number of ether oxygens (including phenoxy) is 1. The number of rotatable bonds is 8. The van der Waals surface area contributed by atoms with E-state index in [2.05, 4.69) is 15.5 Å². The van der Waals surface area contributed by atoms with Crippen LogP contribution in [0.3, 0.4) is 0 Å². The lowest BCUT2D eigenvalue weighted by Gasteiger charge is -2.06. The van der Waals surface area contributed by atoms with E-state index in [0.29, 0.717) is 0 Å². The molecule has 0 spiro atoms. The van der Waals surface area contributed by atoms with Crippen LogP contribution in [0.25, 0.3) is 0 Å². The normalized spacial score (nSPS) is 10.8. The molecule has 0 aliphatic heterocycles. The number of aromatic nitrogens is 4. The summed E-state index contributed by atoms with van der Waals surface area (Å²) in [5, 5.41) is 21.9. The Morgan fingerprint density at radius 3 is 2.67 bits per heavy atom. The molecule has 0 saturated carbocycles. The number of methoxy groups -OCH3 is 1. The minimum absolute atomic E-state index is 0.0256. The van der Waals surface area contributed by atoms with Gasteiger partial charge in [0.2, 0.25) is 5.91 Å². The van der Waals surface area contributed by atoms with Crippen molar-refractivity contribution in [2.24, 2.45) is 0 Å². The molecule has 0 fully saturated rings. The summed E-state index contributed by atoms with van der Waals surface area (Å²) in [6.07, 6.45) is 2.55. The van der Waals surface area contributed by atoms with Crippen molar-refractivity contribution >= 4 is 40.6 Å². The fraction of sp³-hybridized carbons (Fsp3) is 0.235. The zero-order valence-electron chi connectivity index (χ0n) is 15.5. The number of amides is 1. The Hall–Kier alpha value is -3.18. The first-order valence-corrected chi connectivity index (χ1v) is 9.25. The van der Waals surface area contributed by atoms with Crippen LogP contribution in [0.1, 0.15) is 12.0 Å². The van der Waals surface area contributed by atoms with Crippen LogP contribution in [-0.4, -0.2) is 37.5 Å². The zero-order valence-corrected chi connectivity index (χ0v) is 17.0. The summed E-state index contributed by atoms with van der Waals surface area (Å²) < 4.78 is 21.4. The molecular formula is C17H15Cl2FN6O4. The summed E-state index contributed by atoms with van der Waals surface area (Å²) in [4.78, 5) is 22.5. The van der Waals surface area contributed by atoms with Crippen LogP contribution in [0.2, 0.25) is 10.0 Å². The number of halogens is 3. The van der Waals surface area contributed by atoms with Gasteiger partial charge >= 0.3 is 11.6 Å². The quantitative estimate of drug-likeness (QED) is 0.409. The third-order valence-corrected chi connectivity index (χ3v) is 4.66. The molecule has 0 aliphatic rings. The minimum Gasteiger partial charge on any atom is -0.475 e. The summed E-state index contributed by atoms with van der Waals surface area (Å²) in [5.74, 6) is -0.973. The van der Waals surface area contributed by atoms with Crippen molar-refractivity contribution in [3.05, 3.63) is 62.1 Å². The fourth-order valence-electron chi connectivity index (χ4n) is 2.60. The van der Waals surface area contributed by atoms with Crippen molar-refractivity contribution < 1.29 is 18.8 Å². The Kier molecular flexibility index (Phi) is 6.53. The third-order valence-electron chi connectivity index (χ3n) is 4.02. The number of nitrogens with one attached hydrogen (secondary N) is 1. The number of carbonyl (C=O) groups is 1. The van der Waals surface area contributed by atoms with E-state index in [4.69, 9.17) is 27.9 Å². The van der Waals surface area contributed by atoms with E-state index in [0.717, 1.165) is 0 Å². The SMILES string of the molecule is COc1nn(CCC(=O)Nc2nn(Cc3c(F)cccc3Cl)cc2Cl)cc1[N+](=O)[O-]. The maximum Gasteiger partial charge on any atom is 0.350 e. The first-order valence-electron chi connectivity index (χ1n) is 8.50. The second-order valence-electron chi connectivity index (χ2n) is 6.07. The maximum atomic E-state index is 13.9. The van der Waals surface area contributed by atoms with E-state index in [1.807, 2.05) is 0 Å². The van der Waals surface area contributed by atoms with Crippen LogP contribution in [0.4, 0.5) is 15.9 Å². The highest BCUT2D eigenvalue weighted by atomic mass is 35.5. The molecule has 0 saturated heterocycles. The molecule has 1 amide bonds. The lowest BCUT2D eigenvalue weighted by molar-refractivity contribution is -0.385. The van der Waals surface area contributed by atoms with Crippen molar-refractivity contribution in [1.29, 1.82) is 0 Å².